The van der Waals surface area contributed by atoms with Gasteiger partial charge in [0.25, 0.3) is 0 Å². The molecule has 0 atom stereocenters. The van der Waals surface area contributed by atoms with E-state index >= 15 is 0 Å². The predicted molar refractivity (Wildman–Crippen MR) is 64.2 cm³/mol. The SMILES string of the molecule is CCC(CC)Nc1nc(Cl)nc(C)c1N. The second-order valence-electron chi connectivity index (χ2n) is 3.50. The maximum atomic E-state index is 5.86. The van der Waals surface area contributed by atoms with Gasteiger partial charge in [-0.05, 0) is 31.4 Å². The van der Waals surface area contributed by atoms with Crippen molar-refractivity contribution in [2.24, 2.45) is 0 Å². The Morgan fingerprint density at radius 3 is 2.47 bits per heavy atom. The van der Waals surface area contributed by atoms with Gasteiger partial charge in [-0.2, -0.15) is 4.98 Å². The van der Waals surface area contributed by atoms with Gasteiger partial charge in [0.2, 0.25) is 5.28 Å². The van der Waals surface area contributed by atoms with E-state index in [0.717, 1.165) is 12.8 Å². The molecule has 0 unspecified atom stereocenters. The van der Waals surface area contributed by atoms with Crippen molar-refractivity contribution in [1.29, 1.82) is 0 Å². The monoisotopic (exact) mass is 228 g/mol. The molecule has 0 aliphatic carbocycles. The molecule has 0 saturated carbocycles. The summed E-state index contributed by atoms with van der Waals surface area (Å²) in [6, 6.07) is 0.373. The highest BCUT2D eigenvalue weighted by Gasteiger charge is 2.10. The van der Waals surface area contributed by atoms with Crippen molar-refractivity contribution in [3.8, 4) is 0 Å². The summed E-state index contributed by atoms with van der Waals surface area (Å²) in [4.78, 5) is 8.07. The Balaban J connectivity index is 2.93. The van der Waals surface area contributed by atoms with Crippen LogP contribution in [0.5, 0.6) is 0 Å². The average molecular weight is 229 g/mol. The van der Waals surface area contributed by atoms with Gasteiger partial charge in [0.05, 0.1) is 11.4 Å². The van der Waals surface area contributed by atoms with Crippen molar-refractivity contribution < 1.29 is 0 Å². The van der Waals surface area contributed by atoms with Crippen LogP contribution in [0.15, 0.2) is 0 Å². The van der Waals surface area contributed by atoms with Crippen molar-refractivity contribution in [3.63, 3.8) is 0 Å². The van der Waals surface area contributed by atoms with Gasteiger partial charge < -0.3 is 11.1 Å². The Labute approximate surface area is 95.3 Å². The smallest absolute Gasteiger partial charge is 0.224 e. The Bertz CT molecular complexity index is 336. The standard InChI is InChI=1S/C10H17ClN4/c1-4-7(5-2)14-9-8(12)6(3)13-10(11)15-9/h7H,4-5,12H2,1-3H3,(H,13,14,15). The number of nitrogens with zero attached hydrogens (tertiary/aromatic N) is 2. The minimum Gasteiger partial charge on any atom is -0.394 e. The van der Waals surface area contributed by atoms with Gasteiger partial charge >= 0.3 is 0 Å². The van der Waals surface area contributed by atoms with Crippen molar-refractivity contribution >= 4 is 23.1 Å². The fourth-order valence-electron chi connectivity index (χ4n) is 1.34. The van der Waals surface area contributed by atoms with Gasteiger partial charge in [-0.25, -0.2) is 4.98 Å². The first-order valence-corrected chi connectivity index (χ1v) is 5.52. The summed E-state index contributed by atoms with van der Waals surface area (Å²) >= 11 is 5.77. The van der Waals surface area contributed by atoms with Gasteiger partial charge in [-0.3, -0.25) is 0 Å². The zero-order valence-electron chi connectivity index (χ0n) is 9.34. The topological polar surface area (TPSA) is 63.8 Å². The average Bonchev–Trinajstić information content (AvgIpc) is 2.21. The molecule has 0 aliphatic rings. The second kappa shape index (κ2) is 5.16. The molecule has 1 rings (SSSR count). The Morgan fingerprint density at radius 2 is 1.93 bits per heavy atom. The number of rotatable bonds is 4. The fourth-order valence-corrected chi connectivity index (χ4v) is 1.55. The van der Waals surface area contributed by atoms with Crippen LogP contribution in [-0.2, 0) is 0 Å². The summed E-state index contributed by atoms with van der Waals surface area (Å²) in [5.41, 5.74) is 7.15. The molecule has 0 bridgehead atoms. The normalized spacial score (nSPS) is 10.7. The molecule has 0 saturated heterocycles. The lowest BCUT2D eigenvalue weighted by molar-refractivity contribution is 0.668. The number of aryl methyl sites for hydroxylation is 1. The van der Waals surface area contributed by atoms with Crippen LogP contribution in [0.4, 0.5) is 11.5 Å². The molecule has 0 aromatic carbocycles. The molecular formula is C10H17ClN4. The first-order valence-electron chi connectivity index (χ1n) is 5.14. The summed E-state index contributed by atoms with van der Waals surface area (Å²) in [5, 5.41) is 3.50. The largest absolute Gasteiger partial charge is 0.394 e. The number of hydrogen-bond acceptors (Lipinski definition) is 4. The summed E-state index contributed by atoms with van der Waals surface area (Å²) in [7, 11) is 0. The molecule has 0 fully saturated rings. The highest BCUT2D eigenvalue weighted by molar-refractivity contribution is 6.28. The zero-order chi connectivity index (χ0) is 11.4. The third kappa shape index (κ3) is 2.96. The van der Waals surface area contributed by atoms with Gasteiger partial charge in [0, 0.05) is 6.04 Å². The van der Waals surface area contributed by atoms with Gasteiger partial charge in [0.15, 0.2) is 5.82 Å². The number of halogens is 1. The Hall–Kier alpha value is -1.03. The molecular weight excluding hydrogens is 212 g/mol. The van der Waals surface area contributed by atoms with E-state index in [4.69, 9.17) is 17.3 Å². The number of nitrogens with two attached hydrogens (primary N) is 1. The summed E-state index contributed by atoms with van der Waals surface area (Å²) in [6.45, 7) is 6.06. The fraction of sp³-hybridized carbons (Fsp3) is 0.600. The van der Waals surface area contributed by atoms with E-state index in [1.165, 1.54) is 0 Å². The van der Waals surface area contributed by atoms with Gasteiger partial charge in [0.1, 0.15) is 0 Å². The highest BCUT2D eigenvalue weighted by Crippen LogP contribution is 2.22. The van der Waals surface area contributed by atoms with Crippen LogP contribution in [0, 0.1) is 6.92 Å². The molecule has 1 heterocycles. The summed E-state index contributed by atoms with van der Waals surface area (Å²) < 4.78 is 0. The van der Waals surface area contributed by atoms with Crippen LogP contribution in [0.3, 0.4) is 0 Å². The first-order chi connectivity index (χ1) is 7.08. The third-order valence-corrected chi connectivity index (χ3v) is 2.60. The first kappa shape index (κ1) is 12.0. The van der Waals surface area contributed by atoms with E-state index < -0.39 is 0 Å². The van der Waals surface area contributed by atoms with Crippen LogP contribution in [0.1, 0.15) is 32.4 Å². The maximum Gasteiger partial charge on any atom is 0.224 e. The molecule has 0 radical (unpaired) electrons. The van der Waals surface area contributed by atoms with E-state index in [0.29, 0.717) is 23.2 Å². The van der Waals surface area contributed by atoms with E-state index in [-0.39, 0.29) is 5.28 Å². The summed E-state index contributed by atoms with van der Waals surface area (Å²) in [6.07, 6.45) is 2.05. The summed E-state index contributed by atoms with van der Waals surface area (Å²) in [5.74, 6) is 0.640. The number of hydrogen-bond donors (Lipinski definition) is 2. The quantitative estimate of drug-likeness (QED) is 0.778. The molecule has 4 nitrogen and oxygen atoms in total. The second-order valence-corrected chi connectivity index (χ2v) is 3.84. The lowest BCUT2D eigenvalue weighted by Gasteiger charge is -2.17. The molecule has 3 N–H and O–H groups in total. The molecule has 15 heavy (non-hydrogen) atoms. The van der Waals surface area contributed by atoms with E-state index in [9.17, 15) is 0 Å². The minimum absolute atomic E-state index is 0.232. The van der Waals surface area contributed by atoms with Crippen LogP contribution < -0.4 is 11.1 Å². The maximum absolute atomic E-state index is 5.86. The number of anilines is 2. The Morgan fingerprint density at radius 1 is 1.33 bits per heavy atom. The predicted octanol–water partition coefficient (Wildman–Crippen LogP) is 2.62. The Kier molecular flexibility index (Phi) is 4.15. The number of nitrogens with one attached hydrogen (secondary N) is 1. The van der Waals surface area contributed by atoms with E-state index in [1.807, 2.05) is 6.92 Å². The lowest BCUT2D eigenvalue weighted by atomic mass is 10.2. The van der Waals surface area contributed by atoms with Crippen LogP contribution in [-0.4, -0.2) is 16.0 Å². The number of aromatic nitrogens is 2. The molecule has 1 aromatic heterocycles. The molecule has 84 valence electrons. The highest BCUT2D eigenvalue weighted by atomic mass is 35.5. The van der Waals surface area contributed by atoms with Crippen molar-refractivity contribution in [2.75, 3.05) is 11.1 Å². The van der Waals surface area contributed by atoms with Crippen molar-refractivity contribution in [2.45, 2.75) is 39.7 Å². The lowest BCUT2D eigenvalue weighted by Crippen LogP contribution is -2.19. The molecule has 0 aliphatic heterocycles. The van der Waals surface area contributed by atoms with Crippen LogP contribution in [0.25, 0.3) is 0 Å². The minimum atomic E-state index is 0.232. The molecule has 0 amide bonds. The van der Waals surface area contributed by atoms with Crippen LogP contribution in [0.2, 0.25) is 5.28 Å². The van der Waals surface area contributed by atoms with Gasteiger partial charge in [-0.15, -0.1) is 0 Å². The third-order valence-electron chi connectivity index (χ3n) is 2.44. The van der Waals surface area contributed by atoms with E-state index in [2.05, 4.69) is 29.1 Å². The van der Waals surface area contributed by atoms with Gasteiger partial charge in [-0.1, -0.05) is 13.8 Å². The van der Waals surface area contributed by atoms with Crippen molar-refractivity contribution in [3.05, 3.63) is 11.0 Å². The van der Waals surface area contributed by atoms with Crippen molar-refractivity contribution in [1.82, 2.24) is 9.97 Å². The van der Waals surface area contributed by atoms with Crippen LogP contribution >= 0.6 is 11.6 Å². The molecule has 5 heteroatoms. The molecule has 0 spiro atoms. The van der Waals surface area contributed by atoms with E-state index in [1.54, 1.807) is 0 Å². The molecule has 1 aromatic rings. The number of nitrogen functional groups attached to an aromatic ring is 1. The zero-order valence-corrected chi connectivity index (χ0v) is 10.1.